The minimum Gasteiger partial charge on any atom is -0.507 e. The monoisotopic (exact) mass is 299 g/mol. The summed E-state index contributed by atoms with van der Waals surface area (Å²) >= 11 is 3.38. The molecule has 0 heterocycles. The number of phenolic OH excluding ortho intramolecular Hbond substituents is 1. The van der Waals surface area contributed by atoms with Gasteiger partial charge in [-0.15, -0.1) is 0 Å². The van der Waals surface area contributed by atoms with E-state index in [1.165, 1.54) is 19.2 Å². The van der Waals surface area contributed by atoms with Crippen LogP contribution in [0.15, 0.2) is 18.2 Å². The number of phenols is 1. The van der Waals surface area contributed by atoms with Crippen molar-refractivity contribution in [2.24, 2.45) is 0 Å². The van der Waals surface area contributed by atoms with Crippen molar-refractivity contribution in [1.29, 1.82) is 0 Å². The van der Waals surface area contributed by atoms with Crippen LogP contribution in [-0.4, -0.2) is 29.0 Å². The highest BCUT2D eigenvalue weighted by molar-refractivity contribution is 9.09. The maximum atomic E-state index is 12.0. The molecule has 0 bridgehead atoms. The Kier molecular flexibility index (Phi) is 3.28. The number of alkyl halides is 1. The van der Waals surface area contributed by atoms with Gasteiger partial charge in [-0.3, -0.25) is 4.79 Å². The van der Waals surface area contributed by atoms with Gasteiger partial charge in [-0.25, -0.2) is 0 Å². The average Bonchev–Trinajstić information content (AvgIpc) is 3.10. The zero-order valence-corrected chi connectivity index (χ0v) is 11.1. The van der Waals surface area contributed by atoms with Crippen LogP contribution >= 0.6 is 15.9 Å². The lowest BCUT2D eigenvalue weighted by Gasteiger charge is -2.15. The first kappa shape index (κ1) is 12.2. The number of methoxy groups -OCH3 is 1. The Labute approximate surface area is 108 Å². The van der Waals surface area contributed by atoms with Crippen LogP contribution in [0.2, 0.25) is 0 Å². The van der Waals surface area contributed by atoms with E-state index in [1.807, 2.05) is 0 Å². The molecular weight excluding hydrogens is 286 g/mol. The first-order chi connectivity index (χ1) is 8.10. The Balaban J connectivity index is 2.18. The van der Waals surface area contributed by atoms with Gasteiger partial charge in [0.05, 0.1) is 18.2 Å². The quantitative estimate of drug-likeness (QED) is 0.837. The third-order valence-corrected chi connectivity index (χ3v) is 4.01. The summed E-state index contributed by atoms with van der Waals surface area (Å²) in [6.45, 7) is 0. The third kappa shape index (κ3) is 2.54. The molecule has 1 aromatic carbocycles. The summed E-state index contributed by atoms with van der Waals surface area (Å²) in [5.74, 6) is 0.253. The molecule has 17 heavy (non-hydrogen) atoms. The molecule has 1 aliphatic carbocycles. The lowest BCUT2D eigenvalue weighted by atomic mass is 10.1. The number of halogens is 1. The van der Waals surface area contributed by atoms with E-state index in [0.717, 1.165) is 18.2 Å². The zero-order chi connectivity index (χ0) is 12.5. The van der Waals surface area contributed by atoms with E-state index in [9.17, 15) is 9.90 Å². The number of ether oxygens (including phenoxy) is 1. The Bertz CT molecular complexity index is 443. The smallest absolute Gasteiger partial charge is 0.255 e. The van der Waals surface area contributed by atoms with Gasteiger partial charge in [0.2, 0.25) is 0 Å². The standard InChI is InChI=1S/C12H14BrNO3/c1-17-8-2-3-10(15)9(6-8)11(16)14-12(7-13)4-5-12/h2-3,6,15H,4-5,7H2,1H3,(H,14,16). The predicted molar refractivity (Wildman–Crippen MR) is 67.9 cm³/mol. The fraction of sp³-hybridized carbons (Fsp3) is 0.417. The second-order valence-electron chi connectivity index (χ2n) is 4.25. The van der Waals surface area contributed by atoms with Gasteiger partial charge in [-0.05, 0) is 31.0 Å². The lowest BCUT2D eigenvalue weighted by molar-refractivity contribution is 0.0933. The first-order valence-electron chi connectivity index (χ1n) is 5.36. The fourth-order valence-corrected chi connectivity index (χ4v) is 2.28. The van der Waals surface area contributed by atoms with E-state index >= 15 is 0 Å². The summed E-state index contributed by atoms with van der Waals surface area (Å²) in [4.78, 5) is 12.0. The number of nitrogens with one attached hydrogen (secondary N) is 1. The molecule has 1 amide bonds. The minimum absolute atomic E-state index is 0.0336. The number of rotatable bonds is 4. The fourth-order valence-electron chi connectivity index (χ4n) is 1.58. The van der Waals surface area contributed by atoms with Gasteiger partial charge < -0.3 is 15.2 Å². The van der Waals surface area contributed by atoms with Gasteiger partial charge in [0.1, 0.15) is 11.5 Å². The van der Waals surface area contributed by atoms with Crippen LogP contribution in [0, 0.1) is 0 Å². The molecule has 1 fully saturated rings. The molecule has 92 valence electrons. The molecular formula is C12H14BrNO3. The lowest BCUT2D eigenvalue weighted by Crippen LogP contribution is -2.38. The van der Waals surface area contributed by atoms with Crippen LogP contribution in [0.3, 0.4) is 0 Å². The van der Waals surface area contributed by atoms with E-state index in [1.54, 1.807) is 6.07 Å². The average molecular weight is 300 g/mol. The van der Waals surface area contributed by atoms with Gasteiger partial charge in [-0.2, -0.15) is 0 Å². The van der Waals surface area contributed by atoms with Gasteiger partial charge >= 0.3 is 0 Å². The SMILES string of the molecule is COc1ccc(O)c(C(=O)NC2(CBr)CC2)c1. The molecule has 0 aromatic heterocycles. The molecule has 0 spiro atoms. The van der Waals surface area contributed by atoms with Crippen LogP contribution < -0.4 is 10.1 Å². The molecule has 0 saturated heterocycles. The van der Waals surface area contributed by atoms with Gasteiger partial charge in [0.15, 0.2) is 0 Å². The Morgan fingerprint density at radius 2 is 2.29 bits per heavy atom. The van der Waals surface area contributed by atoms with Crippen molar-refractivity contribution in [3.05, 3.63) is 23.8 Å². The number of carbonyl (C=O) groups is 1. The van der Waals surface area contributed by atoms with Crippen molar-refractivity contribution in [3.63, 3.8) is 0 Å². The first-order valence-corrected chi connectivity index (χ1v) is 6.48. The maximum Gasteiger partial charge on any atom is 0.255 e. The van der Waals surface area contributed by atoms with E-state index in [2.05, 4.69) is 21.2 Å². The molecule has 0 radical (unpaired) electrons. The van der Waals surface area contributed by atoms with Crippen molar-refractivity contribution in [2.75, 3.05) is 12.4 Å². The van der Waals surface area contributed by atoms with Crippen molar-refractivity contribution < 1.29 is 14.6 Å². The minimum atomic E-state index is -0.265. The number of carbonyl (C=O) groups excluding carboxylic acids is 1. The Hall–Kier alpha value is -1.23. The topological polar surface area (TPSA) is 58.6 Å². The van der Waals surface area contributed by atoms with Crippen molar-refractivity contribution in [2.45, 2.75) is 18.4 Å². The van der Waals surface area contributed by atoms with Gasteiger partial charge in [0.25, 0.3) is 5.91 Å². The van der Waals surface area contributed by atoms with Crippen molar-refractivity contribution in [3.8, 4) is 11.5 Å². The molecule has 0 atom stereocenters. The summed E-state index contributed by atoms with van der Waals surface area (Å²) in [7, 11) is 1.52. The van der Waals surface area contributed by atoms with E-state index in [4.69, 9.17) is 4.74 Å². The van der Waals surface area contributed by atoms with E-state index < -0.39 is 0 Å². The molecule has 0 unspecified atom stereocenters. The third-order valence-electron chi connectivity index (χ3n) is 2.94. The van der Waals surface area contributed by atoms with Gasteiger partial charge in [-0.1, -0.05) is 15.9 Å². The summed E-state index contributed by atoms with van der Waals surface area (Å²) in [5.41, 5.74) is 0.114. The summed E-state index contributed by atoms with van der Waals surface area (Å²) in [5, 5.41) is 13.3. The molecule has 1 saturated carbocycles. The number of aromatic hydroxyl groups is 1. The maximum absolute atomic E-state index is 12.0. The zero-order valence-electron chi connectivity index (χ0n) is 9.50. The summed E-state index contributed by atoms with van der Waals surface area (Å²) in [6.07, 6.45) is 1.93. The van der Waals surface area contributed by atoms with Crippen molar-refractivity contribution >= 4 is 21.8 Å². The second kappa shape index (κ2) is 4.56. The van der Waals surface area contributed by atoms with Crippen LogP contribution in [0.5, 0.6) is 11.5 Å². The molecule has 5 heteroatoms. The number of benzene rings is 1. The Morgan fingerprint density at radius 3 is 2.82 bits per heavy atom. The Morgan fingerprint density at radius 1 is 1.59 bits per heavy atom. The summed E-state index contributed by atoms with van der Waals surface area (Å²) in [6, 6.07) is 4.61. The predicted octanol–water partition coefficient (Wildman–Crippen LogP) is 2.06. The second-order valence-corrected chi connectivity index (χ2v) is 4.81. The largest absolute Gasteiger partial charge is 0.507 e. The molecule has 2 rings (SSSR count). The normalized spacial score (nSPS) is 16.4. The molecule has 1 aliphatic rings. The summed E-state index contributed by atoms with van der Waals surface area (Å²) < 4.78 is 5.03. The van der Waals surface area contributed by atoms with Crippen LogP contribution in [-0.2, 0) is 0 Å². The molecule has 0 aliphatic heterocycles. The highest BCUT2D eigenvalue weighted by atomic mass is 79.9. The van der Waals surface area contributed by atoms with E-state index in [0.29, 0.717) is 5.75 Å². The highest BCUT2D eigenvalue weighted by Gasteiger charge is 2.43. The van der Waals surface area contributed by atoms with Gasteiger partial charge in [0, 0.05) is 5.33 Å². The van der Waals surface area contributed by atoms with Crippen molar-refractivity contribution in [1.82, 2.24) is 5.32 Å². The number of hydrogen-bond donors (Lipinski definition) is 2. The number of hydrogen-bond acceptors (Lipinski definition) is 3. The van der Waals surface area contributed by atoms with Crippen LogP contribution in [0.1, 0.15) is 23.2 Å². The van der Waals surface area contributed by atoms with Crippen LogP contribution in [0.4, 0.5) is 0 Å². The molecule has 4 nitrogen and oxygen atoms in total. The molecule has 2 N–H and O–H groups in total. The highest BCUT2D eigenvalue weighted by Crippen LogP contribution is 2.37. The van der Waals surface area contributed by atoms with Crippen LogP contribution in [0.25, 0.3) is 0 Å². The molecule has 1 aromatic rings. The number of amides is 1. The van der Waals surface area contributed by atoms with E-state index in [-0.39, 0.29) is 22.8 Å².